The van der Waals surface area contributed by atoms with Gasteiger partial charge in [-0.1, -0.05) is 56.5 Å². The molecule has 1 aliphatic carbocycles. The van der Waals surface area contributed by atoms with Gasteiger partial charge in [-0.25, -0.2) is 5.06 Å². The van der Waals surface area contributed by atoms with Crippen LogP contribution >= 0.6 is 0 Å². The van der Waals surface area contributed by atoms with Crippen LogP contribution in [-0.2, 0) is 16.1 Å². The maximum Gasteiger partial charge on any atom is 0.263 e. The van der Waals surface area contributed by atoms with Gasteiger partial charge < -0.3 is 0 Å². The summed E-state index contributed by atoms with van der Waals surface area (Å²) in [4.78, 5) is 21.5. The topological polar surface area (TPSA) is 32.8 Å². The summed E-state index contributed by atoms with van der Waals surface area (Å²) < 4.78 is 0. The quantitative estimate of drug-likeness (QED) is 0.789. The van der Waals surface area contributed by atoms with Gasteiger partial charge in [0.05, 0.1) is 18.7 Å². The minimum absolute atomic E-state index is 0.111. The average Bonchev–Trinajstić information content (AvgIpc) is 2.66. The maximum absolute atomic E-state index is 13.1. The summed E-state index contributed by atoms with van der Waals surface area (Å²) in [5, 5.41) is 1.67. The van der Waals surface area contributed by atoms with Gasteiger partial charge in [-0.15, -0.1) is 0 Å². The molecule has 0 radical (unpaired) electrons. The number of piperazine rings is 1. The molecule has 1 saturated heterocycles. The molecular formula is C21H32N2O2. The van der Waals surface area contributed by atoms with Crippen LogP contribution in [-0.4, -0.2) is 47.7 Å². The molecule has 1 aliphatic heterocycles. The van der Waals surface area contributed by atoms with Crippen LogP contribution in [0.3, 0.4) is 0 Å². The Bertz CT molecular complexity index is 542. The largest absolute Gasteiger partial charge is 0.290 e. The van der Waals surface area contributed by atoms with E-state index in [1.54, 1.807) is 5.06 Å². The van der Waals surface area contributed by atoms with Gasteiger partial charge in [0.15, 0.2) is 0 Å². The van der Waals surface area contributed by atoms with Crippen LogP contribution in [0.4, 0.5) is 0 Å². The Balaban J connectivity index is 1.64. The van der Waals surface area contributed by atoms with Crippen molar-refractivity contribution in [2.24, 2.45) is 5.92 Å². The third kappa shape index (κ3) is 4.62. The highest BCUT2D eigenvalue weighted by atomic mass is 16.7. The lowest BCUT2D eigenvalue weighted by atomic mass is 9.86. The number of hydroxylamine groups is 2. The summed E-state index contributed by atoms with van der Waals surface area (Å²) in [6.07, 6.45) is 7.30. The standard InChI is InChI=1S/C21H32N2O2/c1-3-22-14-15-23(25-17(2)19-12-8-5-9-13-19)21(24)20(22)16-18-10-6-4-7-11-18/h4,6-7,10-11,17,19-20H,3,5,8-9,12-16H2,1-2H3. The van der Waals surface area contributed by atoms with E-state index in [1.807, 2.05) is 18.2 Å². The minimum atomic E-state index is -0.111. The van der Waals surface area contributed by atoms with Crippen LogP contribution in [0.2, 0.25) is 0 Å². The fraction of sp³-hybridized carbons (Fsp3) is 0.667. The molecule has 2 aliphatic rings. The van der Waals surface area contributed by atoms with E-state index in [-0.39, 0.29) is 18.1 Å². The SMILES string of the molecule is CCN1CCN(OC(C)C2CCCCC2)C(=O)C1Cc1ccccc1. The molecule has 2 unspecified atom stereocenters. The highest BCUT2D eigenvalue weighted by Gasteiger charge is 2.36. The number of hydrogen-bond donors (Lipinski definition) is 0. The van der Waals surface area contributed by atoms with Crippen molar-refractivity contribution in [2.75, 3.05) is 19.6 Å². The van der Waals surface area contributed by atoms with Gasteiger partial charge in [0.1, 0.15) is 0 Å². The molecule has 2 atom stereocenters. The molecule has 4 nitrogen and oxygen atoms in total. The van der Waals surface area contributed by atoms with Crippen molar-refractivity contribution in [3.8, 4) is 0 Å². The Morgan fingerprint density at radius 3 is 2.52 bits per heavy atom. The van der Waals surface area contributed by atoms with Crippen molar-refractivity contribution < 1.29 is 9.63 Å². The molecule has 1 amide bonds. The van der Waals surface area contributed by atoms with E-state index < -0.39 is 0 Å². The van der Waals surface area contributed by atoms with Crippen LogP contribution < -0.4 is 0 Å². The molecule has 138 valence electrons. The molecule has 25 heavy (non-hydrogen) atoms. The molecule has 2 fully saturated rings. The highest BCUT2D eigenvalue weighted by Crippen LogP contribution is 2.29. The van der Waals surface area contributed by atoms with E-state index in [0.29, 0.717) is 12.5 Å². The van der Waals surface area contributed by atoms with Crippen LogP contribution in [0.25, 0.3) is 0 Å². The Morgan fingerprint density at radius 1 is 1.12 bits per heavy atom. The number of hydrogen-bond acceptors (Lipinski definition) is 3. The Hall–Kier alpha value is -1.39. The summed E-state index contributed by atoms with van der Waals surface area (Å²) in [6.45, 7) is 6.73. The Labute approximate surface area is 152 Å². The van der Waals surface area contributed by atoms with Crippen molar-refractivity contribution in [2.45, 2.75) is 64.5 Å². The summed E-state index contributed by atoms with van der Waals surface area (Å²) >= 11 is 0. The fourth-order valence-electron chi connectivity index (χ4n) is 4.23. The molecule has 1 saturated carbocycles. The molecule has 0 aromatic heterocycles. The molecule has 3 rings (SSSR count). The van der Waals surface area contributed by atoms with Gasteiger partial charge >= 0.3 is 0 Å². The third-order valence-electron chi connectivity index (χ3n) is 5.85. The fourth-order valence-corrected chi connectivity index (χ4v) is 4.23. The second-order valence-electron chi connectivity index (χ2n) is 7.48. The second-order valence-corrected chi connectivity index (χ2v) is 7.48. The zero-order chi connectivity index (χ0) is 17.6. The first-order chi connectivity index (χ1) is 12.2. The molecule has 0 N–H and O–H groups in total. The smallest absolute Gasteiger partial charge is 0.263 e. The van der Waals surface area contributed by atoms with Crippen LogP contribution in [0.1, 0.15) is 51.5 Å². The van der Waals surface area contributed by atoms with E-state index in [0.717, 1.165) is 19.5 Å². The van der Waals surface area contributed by atoms with Crippen LogP contribution in [0.15, 0.2) is 30.3 Å². The van der Waals surface area contributed by atoms with Gasteiger partial charge in [-0.05, 0) is 44.2 Å². The second kappa shape index (κ2) is 8.81. The first kappa shape index (κ1) is 18.4. The first-order valence-corrected chi connectivity index (χ1v) is 9.95. The molecule has 1 heterocycles. The summed E-state index contributed by atoms with van der Waals surface area (Å²) in [7, 11) is 0. The summed E-state index contributed by atoms with van der Waals surface area (Å²) in [5.74, 6) is 0.720. The van der Waals surface area contributed by atoms with E-state index >= 15 is 0 Å². The van der Waals surface area contributed by atoms with Gasteiger partial charge in [-0.2, -0.15) is 0 Å². The minimum Gasteiger partial charge on any atom is -0.290 e. The number of likely N-dealkylation sites (N-methyl/N-ethyl adjacent to an activating group) is 1. The Kier molecular flexibility index (Phi) is 6.49. The number of carbonyl (C=O) groups is 1. The zero-order valence-electron chi connectivity index (χ0n) is 15.7. The maximum atomic E-state index is 13.1. The van der Waals surface area contributed by atoms with E-state index in [1.165, 1.54) is 37.7 Å². The lowest BCUT2D eigenvalue weighted by Crippen LogP contribution is -2.58. The molecule has 0 spiro atoms. The third-order valence-corrected chi connectivity index (χ3v) is 5.85. The lowest BCUT2D eigenvalue weighted by molar-refractivity contribution is -0.227. The van der Waals surface area contributed by atoms with E-state index in [9.17, 15) is 4.79 Å². The van der Waals surface area contributed by atoms with E-state index in [4.69, 9.17) is 4.84 Å². The number of carbonyl (C=O) groups excluding carboxylic acids is 1. The van der Waals surface area contributed by atoms with Gasteiger partial charge in [-0.3, -0.25) is 14.5 Å². The van der Waals surface area contributed by atoms with Crippen LogP contribution in [0, 0.1) is 5.92 Å². The molecule has 1 aromatic carbocycles. The number of amides is 1. The number of rotatable bonds is 6. The predicted octanol–water partition coefficient (Wildman–Crippen LogP) is 3.66. The summed E-state index contributed by atoms with van der Waals surface area (Å²) in [5.41, 5.74) is 1.21. The Morgan fingerprint density at radius 2 is 1.84 bits per heavy atom. The highest BCUT2D eigenvalue weighted by molar-refractivity contribution is 5.82. The monoisotopic (exact) mass is 344 g/mol. The van der Waals surface area contributed by atoms with Crippen molar-refractivity contribution in [1.29, 1.82) is 0 Å². The van der Waals surface area contributed by atoms with Crippen molar-refractivity contribution >= 4 is 5.91 Å². The normalized spacial score (nSPS) is 24.5. The molecule has 1 aromatic rings. The number of benzene rings is 1. The van der Waals surface area contributed by atoms with Crippen molar-refractivity contribution in [1.82, 2.24) is 9.96 Å². The molecular weight excluding hydrogens is 312 g/mol. The molecule has 0 bridgehead atoms. The van der Waals surface area contributed by atoms with Crippen LogP contribution in [0.5, 0.6) is 0 Å². The van der Waals surface area contributed by atoms with Gasteiger partial charge in [0, 0.05) is 6.54 Å². The average molecular weight is 344 g/mol. The van der Waals surface area contributed by atoms with Crippen molar-refractivity contribution in [3.63, 3.8) is 0 Å². The molecule has 4 heteroatoms. The van der Waals surface area contributed by atoms with Crippen molar-refractivity contribution in [3.05, 3.63) is 35.9 Å². The zero-order valence-corrected chi connectivity index (χ0v) is 15.7. The predicted molar refractivity (Wildman–Crippen MR) is 100 cm³/mol. The van der Waals surface area contributed by atoms with Gasteiger partial charge in [0.2, 0.25) is 0 Å². The lowest BCUT2D eigenvalue weighted by Gasteiger charge is -2.41. The van der Waals surface area contributed by atoms with Gasteiger partial charge in [0.25, 0.3) is 5.91 Å². The first-order valence-electron chi connectivity index (χ1n) is 9.95. The summed E-state index contributed by atoms with van der Waals surface area (Å²) in [6, 6.07) is 10.2. The number of nitrogens with zero attached hydrogens (tertiary/aromatic N) is 2. The van der Waals surface area contributed by atoms with E-state index in [2.05, 4.69) is 30.9 Å².